The Labute approximate surface area is 197 Å². The van der Waals surface area contributed by atoms with Crippen molar-refractivity contribution >= 4 is 29.9 Å². The molecule has 5 atom stereocenters. The molecule has 4 saturated heterocycles. The summed E-state index contributed by atoms with van der Waals surface area (Å²) in [7, 11) is 3.68. The fourth-order valence-electron chi connectivity index (χ4n) is 6.08. The number of rotatable bonds is 5. The summed E-state index contributed by atoms with van der Waals surface area (Å²) in [5.74, 6) is 3.40. The van der Waals surface area contributed by atoms with Gasteiger partial charge in [-0.05, 0) is 44.8 Å². The minimum atomic E-state index is 0. The first-order valence-electron chi connectivity index (χ1n) is 11.3. The smallest absolute Gasteiger partial charge is 0.193 e. The van der Waals surface area contributed by atoms with Crippen LogP contribution in [0.5, 0.6) is 5.75 Å². The molecule has 4 fully saturated rings. The number of nitrogens with zero attached hydrogens (tertiary/aromatic N) is 3. The molecule has 0 amide bonds. The Morgan fingerprint density at radius 2 is 1.83 bits per heavy atom. The fourth-order valence-corrected chi connectivity index (χ4v) is 6.08. The van der Waals surface area contributed by atoms with Gasteiger partial charge in [0.25, 0.3) is 0 Å². The van der Waals surface area contributed by atoms with Gasteiger partial charge in [0.05, 0.1) is 25.4 Å². The Morgan fingerprint density at radius 3 is 2.47 bits per heavy atom. The lowest BCUT2D eigenvalue weighted by Gasteiger charge is -2.31. The number of aliphatic imine (C=N–C) groups is 1. The third kappa shape index (κ3) is 4.05. The average molecular weight is 526 g/mol. The second kappa shape index (κ2) is 9.61. The van der Waals surface area contributed by atoms with Gasteiger partial charge in [0, 0.05) is 44.1 Å². The second-order valence-electron chi connectivity index (χ2n) is 8.95. The van der Waals surface area contributed by atoms with E-state index < -0.39 is 0 Å². The Balaban J connectivity index is 0.00000218. The molecule has 5 unspecified atom stereocenters. The molecular formula is C23H35IN4O2. The molecule has 5 rings (SSSR count). The minimum absolute atomic E-state index is 0. The molecule has 0 radical (unpaired) electrons. The van der Waals surface area contributed by atoms with Crippen LogP contribution in [0.1, 0.15) is 37.3 Å². The molecule has 7 heteroatoms. The lowest BCUT2D eigenvalue weighted by molar-refractivity contribution is 0.0766. The number of fused-ring (bicyclic) bond motifs is 5. The van der Waals surface area contributed by atoms with Crippen LogP contribution in [0.25, 0.3) is 0 Å². The largest absolute Gasteiger partial charge is 0.496 e. The first-order chi connectivity index (χ1) is 14.3. The molecule has 1 aromatic rings. The van der Waals surface area contributed by atoms with Crippen LogP contribution in [-0.2, 0) is 4.74 Å². The predicted molar refractivity (Wildman–Crippen MR) is 130 cm³/mol. The summed E-state index contributed by atoms with van der Waals surface area (Å²) in [4.78, 5) is 9.70. The summed E-state index contributed by atoms with van der Waals surface area (Å²) in [6.45, 7) is 5.31. The lowest BCUT2D eigenvalue weighted by atomic mass is 9.82. The van der Waals surface area contributed by atoms with Crippen LogP contribution in [0.3, 0.4) is 0 Å². The van der Waals surface area contributed by atoms with Gasteiger partial charge >= 0.3 is 0 Å². The monoisotopic (exact) mass is 526 g/mol. The van der Waals surface area contributed by atoms with Crippen LogP contribution in [0.4, 0.5) is 0 Å². The average Bonchev–Trinajstić information content (AvgIpc) is 3.54. The Bertz CT molecular complexity index is 736. The van der Waals surface area contributed by atoms with Gasteiger partial charge in [0.15, 0.2) is 5.96 Å². The van der Waals surface area contributed by atoms with E-state index in [1.165, 1.54) is 31.2 Å². The van der Waals surface area contributed by atoms with Crippen molar-refractivity contribution in [1.29, 1.82) is 0 Å². The maximum absolute atomic E-state index is 6.14. The topological polar surface area (TPSA) is 49.3 Å². The van der Waals surface area contributed by atoms with Crippen LogP contribution < -0.4 is 10.1 Å². The Morgan fingerprint density at radius 1 is 1.17 bits per heavy atom. The second-order valence-corrected chi connectivity index (χ2v) is 8.95. The molecule has 0 spiro atoms. The van der Waals surface area contributed by atoms with E-state index in [1.54, 1.807) is 7.11 Å². The molecule has 2 bridgehead atoms. The van der Waals surface area contributed by atoms with E-state index in [-0.39, 0.29) is 24.0 Å². The van der Waals surface area contributed by atoms with Gasteiger partial charge in [-0.2, -0.15) is 0 Å². The van der Waals surface area contributed by atoms with E-state index in [1.807, 2.05) is 7.05 Å². The van der Waals surface area contributed by atoms with E-state index in [0.29, 0.717) is 30.1 Å². The molecule has 4 aliphatic heterocycles. The highest BCUT2D eigenvalue weighted by Gasteiger charge is 2.53. The van der Waals surface area contributed by atoms with Crippen molar-refractivity contribution in [2.75, 3.05) is 46.9 Å². The summed E-state index contributed by atoms with van der Waals surface area (Å²) in [6.07, 6.45) is 6.02. The van der Waals surface area contributed by atoms with Gasteiger partial charge in [-0.1, -0.05) is 18.2 Å². The van der Waals surface area contributed by atoms with Gasteiger partial charge < -0.3 is 19.7 Å². The maximum atomic E-state index is 6.14. The predicted octanol–water partition coefficient (Wildman–Crippen LogP) is 3.13. The van der Waals surface area contributed by atoms with Crippen molar-refractivity contribution in [1.82, 2.24) is 15.1 Å². The number of nitrogens with one attached hydrogen (secondary N) is 1. The maximum Gasteiger partial charge on any atom is 0.193 e. The Hall–Kier alpha value is -1.06. The highest BCUT2D eigenvalue weighted by atomic mass is 127. The summed E-state index contributed by atoms with van der Waals surface area (Å²) in [6, 6.07) is 8.75. The van der Waals surface area contributed by atoms with E-state index >= 15 is 0 Å². The zero-order chi connectivity index (χ0) is 19.8. The van der Waals surface area contributed by atoms with Gasteiger partial charge in [-0.15, -0.1) is 24.0 Å². The molecule has 166 valence electrons. The van der Waals surface area contributed by atoms with Crippen molar-refractivity contribution in [2.24, 2.45) is 16.8 Å². The number of likely N-dealkylation sites (tertiary alicyclic amines) is 2. The van der Waals surface area contributed by atoms with Crippen molar-refractivity contribution in [3.63, 3.8) is 0 Å². The molecular weight excluding hydrogens is 491 g/mol. The SMILES string of the molecule is CN=C(NCC(c1ccccc1OC)N1CCCC1)N1CC2C3CCC(O3)C2C1.I. The number of methoxy groups -OCH3 is 1. The Kier molecular flexibility index (Phi) is 7.09. The molecule has 6 nitrogen and oxygen atoms in total. The number of para-hydroxylation sites is 1. The summed E-state index contributed by atoms with van der Waals surface area (Å²) >= 11 is 0. The van der Waals surface area contributed by atoms with E-state index in [4.69, 9.17) is 9.47 Å². The van der Waals surface area contributed by atoms with Crippen LogP contribution in [-0.4, -0.2) is 74.8 Å². The summed E-state index contributed by atoms with van der Waals surface area (Å²) in [5.41, 5.74) is 1.27. The first kappa shape index (κ1) is 22.1. The highest BCUT2D eigenvalue weighted by Crippen LogP contribution is 2.47. The lowest BCUT2D eigenvalue weighted by Crippen LogP contribution is -2.45. The van der Waals surface area contributed by atoms with Crippen molar-refractivity contribution < 1.29 is 9.47 Å². The minimum Gasteiger partial charge on any atom is -0.496 e. The molecule has 1 aromatic carbocycles. The molecule has 0 aliphatic carbocycles. The zero-order valence-electron chi connectivity index (χ0n) is 18.1. The van der Waals surface area contributed by atoms with Gasteiger partial charge in [-0.3, -0.25) is 9.89 Å². The van der Waals surface area contributed by atoms with Gasteiger partial charge in [0.2, 0.25) is 0 Å². The summed E-state index contributed by atoms with van der Waals surface area (Å²) < 4.78 is 11.8. The highest BCUT2D eigenvalue weighted by molar-refractivity contribution is 14.0. The number of halogens is 1. The van der Waals surface area contributed by atoms with Crippen LogP contribution in [0, 0.1) is 11.8 Å². The van der Waals surface area contributed by atoms with Gasteiger partial charge in [-0.25, -0.2) is 0 Å². The molecule has 30 heavy (non-hydrogen) atoms. The molecule has 4 heterocycles. The molecule has 4 aliphatic rings. The van der Waals surface area contributed by atoms with Crippen molar-refractivity contribution in [3.05, 3.63) is 29.8 Å². The number of hydrogen-bond donors (Lipinski definition) is 1. The van der Waals surface area contributed by atoms with Crippen LogP contribution in [0.2, 0.25) is 0 Å². The quantitative estimate of drug-likeness (QED) is 0.363. The summed E-state index contributed by atoms with van der Waals surface area (Å²) in [5, 5.41) is 3.72. The van der Waals surface area contributed by atoms with Gasteiger partial charge in [0.1, 0.15) is 5.75 Å². The number of benzene rings is 1. The normalized spacial score (nSPS) is 31.5. The number of guanidine groups is 1. The van der Waals surface area contributed by atoms with Crippen LogP contribution >= 0.6 is 24.0 Å². The number of ether oxygens (including phenoxy) is 2. The van der Waals surface area contributed by atoms with E-state index in [9.17, 15) is 0 Å². The standard InChI is InChI=1S/C23H34N4O2.HI/c1-24-23(27-14-17-18(15-27)22-10-9-21(17)29-22)25-13-19(26-11-5-6-12-26)16-7-3-4-8-20(16)28-2;/h3-4,7-8,17-19,21-22H,5-6,9-15H2,1-2H3,(H,24,25);1H. The number of hydrogen-bond acceptors (Lipinski definition) is 4. The van der Waals surface area contributed by atoms with Crippen LogP contribution in [0.15, 0.2) is 29.3 Å². The third-order valence-corrected chi connectivity index (χ3v) is 7.50. The molecule has 0 aromatic heterocycles. The van der Waals surface area contributed by atoms with E-state index in [0.717, 1.165) is 44.4 Å². The van der Waals surface area contributed by atoms with E-state index in [2.05, 4.69) is 44.4 Å². The first-order valence-corrected chi connectivity index (χ1v) is 11.3. The fraction of sp³-hybridized carbons (Fsp3) is 0.696. The third-order valence-electron chi connectivity index (χ3n) is 7.50. The van der Waals surface area contributed by atoms with Crippen molar-refractivity contribution in [3.8, 4) is 5.75 Å². The zero-order valence-corrected chi connectivity index (χ0v) is 20.5. The molecule has 1 N–H and O–H groups in total. The van der Waals surface area contributed by atoms with Crippen molar-refractivity contribution in [2.45, 2.75) is 43.9 Å². The molecule has 0 saturated carbocycles.